The Kier molecular flexibility index (Phi) is 6.69. The van der Waals surface area contributed by atoms with Gasteiger partial charge in [0.2, 0.25) is 0 Å². The summed E-state index contributed by atoms with van der Waals surface area (Å²) in [4.78, 5) is 15.5. The molecule has 5 heteroatoms. The summed E-state index contributed by atoms with van der Waals surface area (Å²) in [5.41, 5.74) is 8.53. The molecular weight excluding hydrogens is 687 g/mol. The summed E-state index contributed by atoms with van der Waals surface area (Å²) in [7, 11) is 0. The van der Waals surface area contributed by atoms with E-state index in [1.165, 1.54) is 32.3 Å². The lowest BCUT2D eigenvalue weighted by molar-refractivity contribution is 0.546. The number of hydrogen-bond donors (Lipinski definition) is 0. The molecule has 0 aliphatic heterocycles. The lowest BCUT2D eigenvalue weighted by Gasteiger charge is -2.11. The fourth-order valence-corrected chi connectivity index (χ4v) is 8.72. The molecule has 56 heavy (non-hydrogen) atoms. The fraction of sp³-hybridized carbons (Fsp3) is 0.0392. The van der Waals surface area contributed by atoms with Crippen LogP contribution in [-0.4, -0.2) is 15.0 Å². The second-order valence-corrected chi connectivity index (χ2v) is 14.6. The molecule has 0 fully saturated rings. The first-order valence-electron chi connectivity index (χ1n) is 19.1. The van der Waals surface area contributed by atoms with Crippen LogP contribution in [0.5, 0.6) is 0 Å². The average Bonchev–Trinajstić information content (AvgIpc) is 3.84. The standard InChI is InChI=1S/C51H31N3O2/c1-2-11-31(12-3-1)49-52-50(40-15-8-18-45-47(40)39-14-6-7-17-43(39)55-45)54-51(53-49)41-16-9-19-46-48(41)42-29-33(23-27-44(42)56-46)32-21-24-36-34(28-32)22-26-37-35-13-5-4-10-30(35)20-25-38(36)37/h1-6,8-16,18-29H,7,17H2. The summed E-state index contributed by atoms with van der Waals surface area (Å²) in [5, 5.41) is 10.5. The van der Waals surface area contributed by atoms with Crippen LogP contribution in [0.2, 0.25) is 0 Å². The number of furan rings is 2. The van der Waals surface area contributed by atoms with Crippen molar-refractivity contribution in [2.75, 3.05) is 0 Å². The first kappa shape index (κ1) is 31.0. The first-order chi connectivity index (χ1) is 27.7. The van der Waals surface area contributed by atoms with Crippen molar-refractivity contribution >= 4 is 71.3 Å². The van der Waals surface area contributed by atoms with Gasteiger partial charge in [0, 0.05) is 44.8 Å². The maximum atomic E-state index is 6.51. The third-order valence-electron chi connectivity index (χ3n) is 11.4. The Labute approximate surface area is 321 Å². The normalized spacial score (nSPS) is 12.8. The molecule has 0 bridgehead atoms. The van der Waals surface area contributed by atoms with Crippen LogP contribution in [-0.2, 0) is 6.42 Å². The van der Waals surface area contributed by atoms with Gasteiger partial charge in [-0.05, 0) is 80.2 Å². The molecule has 1 aliphatic carbocycles. The third-order valence-corrected chi connectivity index (χ3v) is 11.4. The van der Waals surface area contributed by atoms with Gasteiger partial charge in [-0.3, -0.25) is 0 Å². The monoisotopic (exact) mass is 717 g/mol. The van der Waals surface area contributed by atoms with E-state index in [1.807, 2.05) is 54.6 Å². The van der Waals surface area contributed by atoms with Crippen molar-refractivity contribution in [1.82, 2.24) is 15.0 Å². The Balaban J connectivity index is 1.04. The smallest absolute Gasteiger partial charge is 0.164 e. The van der Waals surface area contributed by atoms with Crippen molar-refractivity contribution in [3.63, 3.8) is 0 Å². The zero-order chi connectivity index (χ0) is 36.7. The topological polar surface area (TPSA) is 65.0 Å². The van der Waals surface area contributed by atoms with E-state index in [0.29, 0.717) is 17.5 Å². The van der Waals surface area contributed by atoms with E-state index in [9.17, 15) is 0 Å². The molecule has 1 aliphatic rings. The molecular formula is C51H31N3O2. The number of rotatable bonds is 4. The molecule has 0 N–H and O–H groups in total. The number of hydrogen-bond acceptors (Lipinski definition) is 5. The van der Waals surface area contributed by atoms with Crippen LogP contribution < -0.4 is 0 Å². The van der Waals surface area contributed by atoms with Gasteiger partial charge in [-0.2, -0.15) is 0 Å². The van der Waals surface area contributed by atoms with E-state index in [0.717, 1.165) is 84.9 Å². The Bertz CT molecular complexity index is 3430. The molecule has 0 spiro atoms. The van der Waals surface area contributed by atoms with Gasteiger partial charge in [-0.25, -0.2) is 15.0 Å². The minimum Gasteiger partial charge on any atom is -0.460 e. The highest BCUT2D eigenvalue weighted by molar-refractivity contribution is 6.18. The highest BCUT2D eigenvalue weighted by Gasteiger charge is 2.22. The molecule has 0 saturated heterocycles. The van der Waals surface area contributed by atoms with Crippen molar-refractivity contribution in [2.24, 2.45) is 0 Å². The van der Waals surface area contributed by atoms with Gasteiger partial charge in [0.15, 0.2) is 17.5 Å². The van der Waals surface area contributed by atoms with Crippen LogP contribution >= 0.6 is 0 Å². The predicted molar refractivity (Wildman–Crippen MR) is 228 cm³/mol. The highest BCUT2D eigenvalue weighted by atomic mass is 16.3. The van der Waals surface area contributed by atoms with Crippen LogP contribution in [0.3, 0.4) is 0 Å². The van der Waals surface area contributed by atoms with E-state index in [-0.39, 0.29) is 0 Å². The Morgan fingerprint density at radius 1 is 0.411 bits per heavy atom. The van der Waals surface area contributed by atoms with Crippen molar-refractivity contribution < 1.29 is 8.83 Å². The van der Waals surface area contributed by atoms with E-state index >= 15 is 0 Å². The number of aryl methyl sites for hydroxylation is 1. The van der Waals surface area contributed by atoms with Crippen molar-refractivity contribution in [3.05, 3.63) is 169 Å². The maximum absolute atomic E-state index is 6.51. The number of aromatic nitrogens is 3. The summed E-state index contributed by atoms with van der Waals surface area (Å²) >= 11 is 0. The van der Waals surface area contributed by atoms with Gasteiger partial charge < -0.3 is 8.83 Å². The van der Waals surface area contributed by atoms with Crippen LogP contribution in [0.1, 0.15) is 17.7 Å². The molecule has 5 nitrogen and oxygen atoms in total. The van der Waals surface area contributed by atoms with Gasteiger partial charge in [0.1, 0.15) is 22.5 Å². The van der Waals surface area contributed by atoms with Gasteiger partial charge in [0.25, 0.3) is 0 Å². The number of benzene rings is 8. The second kappa shape index (κ2) is 12.1. The predicted octanol–water partition coefficient (Wildman–Crippen LogP) is 13.6. The molecule has 0 saturated carbocycles. The van der Waals surface area contributed by atoms with E-state index in [4.69, 9.17) is 23.8 Å². The fourth-order valence-electron chi connectivity index (χ4n) is 8.72. The summed E-state index contributed by atoms with van der Waals surface area (Å²) in [5.74, 6) is 2.80. The van der Waals surface area contributed by atoms with E-state index in [1.54, 1.807) is 0 Å². The number of allylic oxidation sites excluding steroid dienone is 1. The lowest BCUT2D eigenvalue weighted by atomic mass is 9.94. The van der Waals surface area contributed by atoms with E-state index < -0.39 is 0 Å². The zero-order valence-electron chi connectivity index (χ0n) is 30.2. The quantitative estimate of drug-likeness (QED) is 0.170. The Morgan fingerprint density at radius 2 is 1.07 bits per heavy atom. The molecule has 0 amide bonds. The van der Waals surface area contributed by atoms with Gasteiger partial charge in [-0.1, -0.05) is 133 Å². The zero-order valence-corrected chi connectivity index (χ0v) is 30.2. The van der Waals surface area contributed by atoms with Crippen LogP contribution in [0, 0.1) is 0 Å². The summed E-state index contributed by atoms with van der Waals surface area (Å²) in [6.07, 6.45) is 6.23. The molecule has 0 atom stereocenters. The molecule has 11 aromatic rings. The number of fused-ring (bicyclic) bond motifs is 11. The third kappa shape index (κ3) is 4.77. The van der Waals surface area contributed by atoms with Crippen molar-refractivity contribution in [1.29, 1.82) is 0 Å². The molecule has 3 heterocycles. The molecule has 3 aromatic heterocycles. The van der Waals surface area contributed by atoms with Crippen LogP contribution in [0.4, 0.5) is 0 Å². The Hall–Kier alpha value is -7.37. The van der Waals surface area contributed by atoms with Gasteiger partial charge >= 0.3 is 0 Å². The molecule has 12 rings (SSSR count). The minimum absolute atomic E-state index is 0.586. The summed E-state index contributed by atoms with van der Waals surface area (Å²) in [6, 6.07) is 53.2. The highest BCUT2D eigenvalue weighted by Crippen LogP contribution is 2.41. The van der Waals surface area contributed by atoms with Crippen molar-refractivity contribution in [3.8, 4) is 45.3 Å². The number of nitrogens with zero attached hydrogens (tertiary/aromatic N) is 3. The second-order valence-electron chi connectivity index (χ2n) is 14.6. The largest absolute Gasteiger partial charge is 0.460 e. The molecule has 0 radical (unpaired) electrons. The molecule has 262 valence electrons. The average molecular weight is 718 g/mol. The van der Waals surface area contributed by atoms with Crippen LogP contribution in [0.15, 0.2) is 167 Å². The molecule has 0 unspecified atom stereocenters. The van der Waals surface area contributed by atoms with E-state index in [2.05, 4.69) is 109 Å². The summed E-state index contributed by atoms with van der Waals surface area (Å²) in [6.45, 7) is 0. The lowest BCUT2D eigenvalue weighted by Crippen LogP contribution is -2.01. The first-order valence-corrected chi connectivity index (χ1v) is 19.1. The molecule has 8 aromatic carbocycles. The van der Waals surface area contributed by atoms with Crippen LogP contribution in [0.25, 0.3) is 117 Å². The Morgan fingerprint density at radius 3 is 1.91 bits per heavy atom. The van der Waals surface area contributed by atoms with Gasteiger partial charge in [0.05, 0.1) is 0 Å². The van der Waals surface area contributed by atoms with Crippen molar-refractivity contribution in [2.45, 2.75) is 12.8 Å². The SMILES string of the molecule is C1=Cc2c(oc3cccc(-c4nc(-c5ccccc5)nc(-c5cccc6oc7ccc(-c8ccc9c(ccc%10c%11ccccc%11ccc9%10)c8)cc7c56)n4)c23)CC1. The maximum Gasteiger partial charge on any atom is 0.164 e. The van der Waals surface area contributed by atoms with Gasteiger partial charge in [-0.15, -0.1) is 0 Å². The minimum atomic E-state index is 0.586. The summed E-state index contributed by atoms with van der Waals surface area (Å²) < 4.78 is 12.9.